The second-order valence-electron chi connectivity index (χ2n) is 2.73. The minimum Gasteiger partial charge on any atom is -0.380 e. The molecule has 2 fully saturated rings. The van der Waals surface area contributed by atoms with E-state index in [9.17, 15) is 0 Å². The summed E-state index contributed by atoms with van der Waals surface area (Å²) in [5.41, 5.74) is 0.245. The predicted octanol–water partition coefficient (Wildman–Crippen LogP) is 0.00570. The van der Waals surface area contributed by atoms with E-state index in [0.717, 1.165) is 19.8 Å². The predicted molar refractivity (Wildman–Crippen MR) is 30.0 cm³/mol. The summed E-state index contributed by atoms with van der Waals surface area (Å²) in [7, 11) is 1.67. The first-order chi connectivity index (χ1) is 4.37. The van der Waals surface area contributed by atoms with E-state index in [-0.39, 0.29) is 11.7 Å². The van der Waals surface area contributed by atoms with Crippen LogP contribution in [0.15, 0.2) is 0 Å². The van der Waals surface area contributed by atoms with Gasteiger partial charge in [0.15, 0.2) is 6.29 Å². The van der Waals surface area contributed by atoms with Crippen molar-refractivity contribution in [1.29, 1.82) is 0 Å². The highest BCUT2D eigenvalue weighted by Gasteiger charge is 2.54. The Balaban J connectivity index is 1.97. The van der Waals surface area contributed by atoms with Crippen LogP contribution in [0.1, 0.15) is 0 Å². The standard InChI is InChI=1S/C6H10O3/c1-7-5-6(4-9-5)2-8-3-6/h5H,2-4H2,1H3. The van der Waals surface area contributed by atoms with Gasteiger partial charge in [-0.15, -0.1) is 0 Å². The molecule has 0 N–H and O–H groups in total. The molecule has 3 nitrogen and oxygen atoms in total. The summed E-state index contributed by atoms with van der Waals surface area (Å²) in [6.07, 6.45) is 0.00579. The van der Waals surface area contributed by atoms with Crippen LogP contribution in [0.3, 0.4) is 0 Å². The van der Waals surface area contributed by atoms with Gasteiger partial charge in [-0.2, -0.15) is 0 Å². The highest BCUT2D eigenvalue weighted by molar-refractivity contribution is 4.95. The fourth-order valence-electron chi connectivity index (χ4n) is 1.29. The number of hydrogen-bond acceptors (Lipinski definition) is 3. The molecule has 0 aromatic carbocycles. The van der Waals surface area contributed by atoms with Gasteiger partial charge in [-0.1, -0.05) is 0 Å². The molecule has 2 aliphatic heterocycles. The maximum absolute atomic E-state index is 5.14. The Kier molecular flexibility index (Phi) is 1.06. The zero-order chi connectivity index (χ0) is 6.32. The van der Waals surface area contributed by atoms with Crippen molar-refractivity contribution in [2.45, 2.75) is 6.29 Å². The van der Waals surface area contributed by atoms with E-state index in [1.165, 1.54) is 0 Å². The van der Waals surface area contributed by atoms with Crippen molar-refractivity contribution in [2.24, 2.45) is 5.41 Å². The van der Waals surface area contributed by atoms with Crippen molar-refractivity contribution in [3.63, 3.8) is 0 Å². The quantitative estimate of drug-likeness (QED) is 0.500. The highest BCUT2D eigenvalue weighted by Crippen LogP contribution is 2.41. The van der Waals surface area contributed by atoms with Gasteiger partial charge in [0.1, 0.15) is 0 Å². The molecule has 0 aromatic rings. The van der Waals surface area contributed by atoms with E-state index in [4.69, 9.17) is 14.2 Å². The number of rotatable bonds is 1. The van der Waals surface area contributed by atoms with Gasteiger partial charge in [0, 0.05) is 7.11 Å². The molecule has 2 aliphatic rings. The van der Waals surface area contributed by atoms with E-state index < -0.39 is 0 Å². The largest absolute Gasteiger partial charge is 0.380 e. The Labute approximate surface area is 53.9 Å². The monoisotopic (exact) mass is 130 g/mol. The number of ether oxygens (including phenoxy) is 3. The molecule has 0 aliphatic carbocycles. The average molecular weight is 130 g/mol. The molecule has 0 radical (unpaired) electrons. The first-order valence-corrected chi connectivity index (χ1v) is 3.10. The third-order valence-electron chi connectivity index (χ3n) is 2.02. The molecule has 2 heterocycles. The van der Waals surface area contributed by atoms with E-state index in [2.05, 4.69) is 0 Å². The fourth-order valence-corrected chi connectivity index (χ4v) is 1.29. The summed E-state index contributed by atoms with van der Waals surface area (Å²) in [6, 6.07) is 0. The SMILES string of the molecule is COC1OCC12COC2. The van der Waals surface area contributed by atoms with Crippen LogP contribution in [0.25, 0.3) is 0 Å². The number of methoxy groups -OCH3 is 1. The lowest BCUT2D eigenvalue weighted by atomic mass is 9.82. The molecule has 52 valence electrons. The Morgan fingerprint density at radius 3 is 2.33 bits per heavy atom. The molecular weight excluding hydrogens is 120 g/mol. The second-order valence-corrected chi connectivity index (χ2v) is 2.73. The normalized spacial score (nSPS) is 37.7. The van der Waals surface area contributed by atoms with Gasteiger partial charge in [0.25, 0.3) is 0 Å². The van der Waals surface area contributed by atoms with Crippen LogP contribution in [-0.2, 0) is 14.2 Å². The van der Waals surface area contributed by atoms with Crippen LogP contribution >= 0.6 is 0 Å². The number of hydrogen-bond donors (Lipinski definition) is 0. The molecule has 2 saturated heterocycles. The minimum absolute atomic E-state index is 0.00579. The molecule has 0 aromatic heterocycles. The third-order valence-corrected chi connectivity index (χ3v) is 2.02. The van der Waals surface area contributed by atoms with Gasteiger partial charge in [0.2, 0.25) is 0 Å². The maximum atomic E-state index is 5.14. The van der Waals surface area contributed by atoms with Gasteiger partial charge < -0.3 is 14.2 Å². The van der Waals surface area contributed by atoms with Crippen LogP contribution in [0.4, 0.5) is 0 Å². The van der Waals surface area contributed by atoms with Crippen LogP contribution < -0.4 is 0 Å². The summed E-state index contributed by atoms with van der Waals surface area (Å²) in [6.45, 7) is 2.43. The first kappa shape index (κ1) is 5.65. The Hall–Kier alpha value is -0.120. The van der Waals surface area contributed by atoms with Gasteiger partial charge in [0.05, 0.1) is 25.2 Å². The van der Waals surface area contributed by atoms with Crippen molar-refractivity contribution >= 4 is 0 Å². The van der Waals surface area contributed by atoms with Gasteiger partial charge >= 0.3 is 0 Å². The van der Waals surface area contributed by atoms with Crippen LogP contribution in [-0.4, -0.2) is 33.2 Å². The average Bonchev–Trinajstić information content (AvgIpc) is 1.59. The Bertz CT molecular complexity index is 112. The van der Waals surface area contributed by atoms with E-state index in [1.807, 2.05) is 0 Å². The maximum Gasteiger partial charge on any atom is 0.169 e. The van der Waals surface area contributed by atoms with E-state index in [1.54, 1.807) is 7.11 Å². The fraction of sp³-hybridized carbons (Fsp3) is 1.00. The second kappa shape index (κ2) is 1.68. The molecule has 1 spiro atoms. The molecule has 0 saturated carbocycles. The molecule has 2 rings (SSSR count). The van der Waals surface area contributed by atoms with Crippen LogP contribution in [0.2, 0.25) is 0 Å². The van der Waals surface area contributed by atoms with Crippen molar-refractivity contribution in [3.8, 4) is 0 Å². The lowest BCUT2D eigenvalue weighted by Crippen LogP contribution is -2.64. The molecule has 1 atom stereocenters. The van der Waals surface area contributed by atoms with Gasteiger partial charge in [-0.25, -0.2) is 0 Å². The summed E-state index contributed by atoms with van der Waals surface area (Å²) >= 11 is 0. The van der Waals surface area contributed by atoms with Crippen molar-refractivity contribution in [2.75, 3.05) is 26.9 Å². The molecule has 3 heteroatoms. The van der Waals surface area contributed by atoms with Crippen LogP contribution in [0, 0.1) is 5.41 Å². The van der Waals surface area contributed by atoms with Gasteiger partial charge in [-0.05, 0) is 0 Å². The summed E-state index contributed by atoms with van der Waals surface area (Å²) in [5.74, 6) is 0. The smallest absolute Gasteiger partial charge is 0.169 e. The molecular formula is C6H10O3. The van der Waals surface area contributed by atoms with Crippen LogP contribution in [0.5, 0.6) is 0 Å². The van der Waals surface area contributed by atoms with Crippen molar-refractivity contribution < 1.29 is 14.2 Å². The van der Waals surface area contributed by atoms with Crippen molar-refractivity contribution in [1.82, 2.24) is 0 Å². The summed E-state index contributed by atoms with van der Waals surface area (Å²) < 4.78 is 15.2. The third kappa shape index (κ3) is 0.569. The molecule has 9 heavy (non-hydrogen) atoms. The van der Waals surface area contributed by atoms with Gasteiger partial charge in [-0.3, -0.25) is 0 Å². The lowest BCUT2D eigenvalue weighted by Gasteiger charge is -2.52. The lowest BCUT2D eigenvalue weighted by molar-refractivity contribution is -0.365. The Morgan fingerprint density at radius 2 is 2.22 bits per heavy atom. The summed E-state index contributed by atoms with van der Waals surface area (Å²) in [5, 5.41) is 0. The van der Waals surface area contributed by atoms with E-state index in [0.29, 0.717) is 0 Å². The molecule has 1 unspecified atom stereocenters. The Morgan fingerprint density at radius 1 is 1.44 bits per heavy atom. The topological polar surface area (TPSA) is 27.7 Å². The molecule has 0 amide bonds. The highest BCUT2D eigenvalue weighted by atomic mass is 16.7. The summed E-state index contributed by atoms with van der Waals surface area (Å²) in [4.78, 5) is 0. The first-order valence-electron chi connectivity index (χ1n) is 3.10. The minimum atomic E-state index is 0.00579. The van der Waals surface area contributed by atoms with Crippen molar-refractivity contribution in [3.05, 3.63) is 0 Å². The zero-order valence-electron chi connectivity index (χ0n) is 5.42. The molecule has 0 bridgehead atoms. The zero-order valence-corrected chi connectivity index (χ0v) is 5.42. The van der Waals surface area contributed by atoms with E-state index >= 15 is 0 Å².